The summed E-state index contributed by atoms with van der Waals surface area (Å²) in [6.07, 6.45) is -1.14. The smallest absolute Gasteiger partial charge is 0.200 e. The van der Waals surface area contributed by atoms with Crippen LogP contribution in [-0.4, -0.2) is 32.9 Å². The molecule has 0 aliphatic heterocycles. The van der Waals surface area contributed by atoms with Crippen LogP contribution in [0.5, 0.6) is 0 Å². The molecule has 0 N–H and O–H groups in total. The number of benzene rings is 3. The van der Waals surface area contributed by atoms with Crippen molar-refractivity contribution in [2.45, 2.75) is 39.3 Å². The van der Waals surface area contributed by atoms with Crippen molar-refractivity contribution in [3.05, 3.63) is 94.5 Å². The average Bonchev–Trinajstić information content (AvgIpc) is 2.81. The molecule has 0 aromatic heterocycles. The lowest BCUT2D eigenvalue weighted by Gasteiger charge is -2.32. The van der Waals surface area contributed by atoms with Gasteiger partial charge in [0.1, 0.15) is 0 Å². The third-order valence-corrected chi connectivity index (χ3v) is 11.7. The van der Waals surface area contributed by atoms with E-state index in [-0.39, 0.29) is 28.2 Å². The Labute approximate surface area is 200 Å². The van der Waals surface area contributed by atoms with Gasteiger partial charge in [-0.2, -0.15) is 0 Å². The van der Waals surface area contributed by atoms with Gasteiger partial charge in [0.25, 0.3) is 0 Å². The van der Waals surface area contributed by atoms with Crippen LogP contribution < -0.4 is 0 Å². The summed E-state index contributed by atoms with van der Waals surface area (Å²) < 4.78 is 68.7. The van der Waals surface area contributed by atoms with Gasteiger partial charge in [0.2, 0.25) is 0 Å². The maximum Gasteiger partial charge on any atom is 0.200 e. The summed E-state index contributed by atoms with van der Waals surface area (Å²) >= 11 is 3.36. The van der Waals surface area contributed by atoms with E-state index in [1.54, 1.807) is 24.3 Å². The van der Waals surface area contributed by atoms with Crippen LogP contribution in [0.3, 0.4) is 0 Å². The highest BCUT2D eigenvalue weighted by atomic mass is 79.9. The Morgan fingerprint density at radius 3 is 1.85 bits per heavy atom. The molecule has 1 aliphatic rings. The molecular weight excluding hydrogens is 531 g/mol. The van der Waals surface area contributed by atoms with Crippen LogP contribution in [0.15, 0.2) is 93.1 Å². The lowest BCUT2D eigenvalue weighted by molar-refractivity contribution is 0.0621. The fourth-order valence-electron chi connectivity index (χ4n) is 4.07. The molecule has 172 valence electrons. The van der Waals surface area contributed by atoms with Crippen molar-refractivity contribution in [3.63, 3.8) is 0 Å². The van der Waals surface area contributed by atoms with Gasteiger partial charge in [-0.05, 0) is 48.7 Å². The van der Waals surface area contributed by atoms with Crippen molar-refractivity contribution < 1.29 is 26.0 Å². The highest BCUT2D eigenvalue weighted by Crippen LogP contribution is 2.41. The van der Waals surface area contributed by atoms with E-state index in [1.165, 1.54) is 54.6 Å². The highest BCUT2D eigenvalue weighted by Gasteiger charge is 2.51. The summed E-state index contributed by atoms with van der Waals surface area (Å²) in [5.74, 6) is -0.901. The number of carbonyl (C=O) groups excluding carboxylic acids is 1. The monoisotopic (exact) mass is 550 g/mol. The maximum atomic E-state index is 16.2. The first kappa shape index (κ1) is 23.8. The number of hydrogen-bond acceptors (Lipinski definition) is 5. The van der Waals surface area contributed by atoms with Gasteiger partial charge in [0, 0.05) is 16.5 Å². The van der Waals surface area contributed by atoms with E-state index in [9.17, 15) is 21.6 Å². The number of hydrogen-bond donors (Lipinski definition) is 0. The van der Waals surface area contributed by atoms with Crippen molar-refractivity contribution in [3.8, 4) is 0 Å². The van der Waals surface area contributed by atoms with Crippen molar-refractivity contribution in [2.24, 2.45) is 0 Å². The Balaban J connectivity index is 1.84. The second-order valence-electron chi connectivity index (χ2n) is 7.91. The van der Waals surface area contributed by atoms with E-state index in [1.807, 2.05) is 0 Å². The van der Waals surface area contributed by atoms with Crippen LogP contribution in [0, 0.1) is 0 Å². The SMILES string of the molecule is O=C1c2cccc(Br)c2CC[C@]1(F)CC(S(=O)(=O)c1ccccc1)S(=O)(=O)c1ccccc1. The fraction of sp³-hybridized carbons (Fsp3) is 0.208. The van der Waals surface area contributed by atoms with Crippen LogP contribution in [-0.2, 0) is 26.1 Å². The minimum Gasteiger partial charge on any atom is -0.291 e. The van der Waals surface area contributed by atoms with E-state index in [2.05, 4.69) is 15.9 Å². The summed E-state index contributed by atoms with van der Waals surface area (Å²) in [5.41, 5.74) is -1.89. The normalized spacial score (nSPS) is 18.8. The van der Waals surface area contributed by atoms with Crippen LogP contribution in [0.1, 0.15) is 28.8 Å². The van der Waals surface area contributed by atoms with Crippen LogP contribution in [0.25, 0.3) is 0 Å². The zero-order chi connectivity index (χ0) is 23.9. The molecule has 3 aromatic carbocycles. The van der Waals surface area contributed by atoms with E-state index >= 15 is 4.39 Å². The minimum atomic E-state index is -4.54. The molecule has 33 heavy (non-hydrogen) atoms. The number of sulfone groups is 2. The molecule has 0 fully saturated rings. The standard InChI is InChI=1S/C24H20BrFO5S2/c25-21-13-7-12-20-19(21)14-15-24(26,23(20)27)16-22(32(28,29)17-8-3-1-4-9-17)33(30,31)18-10-5-2-6-11-18/h1-13,22H,14-16H2/t24-/m0/s1. The number of fused-ring (bicyclic) bond motifs is 1. The first-order valence-electron chi connectivity index (χ1n) is 10.2. The summed E-state index contributed by atoms with van der Waals surface area (Å²) in [6, 6.07) is 18.9. The van der Waals surface area contributed by atoms with Gasteiger partial charge in [-0.3, -0.25) is 4.79 Å². The van der Waals surface area contributed by atoms with Gasteiger partial charge in [-0.25, -0.2) is 21.2 Å². The van der Waals surface area contributed by atoms with Gasteiger partial charge in [-0.15, -0.1) is 0 Å². The second kappa shape index (κ2) is 8.77. The Hall–Kier alpha value is -2.36. The van der Waals surface area contributed by atoms with E-state index in [0.717, 1.165) is 0 Å². The highest BCUT2D eigenvalue weighted by molar-refractivity contribution is 9.10. The number of ketones is 1. The third kappa shape index (κ3) is 4.29. The van der Waals surface area contributed by atoms with Crippen molar-refractivity contribution in [1.29, 1.82) is 0 Å². The molecule has 0 radical (unpaired) electrons. The molecule has 0 amide bonds. The molecule has 1 atom stereocenters. The molecule has 0 saturated carbocycles. The van der Waals surface area contributed by atoms with Gasteiger partial charge in [0.05, 0.1) is 9.79 Å². The molecule has 9 heteroatoms. The number of alkyl halides is 1. The average molecular weight is 551 g/mol. The number of carbonyl (C=O) groups is 1. The predicted octanol–water partition coefficient (Wildman–Crippen LogP) is 4.95. The van der Waals surface area contributed by atoms with E-state index in [4.69, 9.17) is 0 Å². The molecule has 0 bridgehead atoms. The van der Waals surface area contributed by atoms with Crippen LogP contribution in [0.2, 0.25) is 0 Å². The van der Waals surface area contributed by atoms with Crippen LogP contribution >= 0.6 is 15.9 Å². The molecule has 5 nitrogen and oxygen atoms in total. The molecule has 0 spiro atoms. The first-order chi connectivity index (χ1) is 15.6. The minimum absolute atomic E-state index is 0.131. The Bertz CT molecular complexity index is 1340. The molecule has 0 saturated heterocycles. The zero-order valence-electron chi connectivity index (χ0n) is 17.3. The topological polar surface area (TPSA) is 85.3 Å². The lowest BCUT2D eigenvalue weighted by atomic mass is 9.79. The number of halogens is 2. The first-order valence-corrected chi connectivity index (χ1v) is 14.0. The third-order valence-electron chi connectivity index (χ3n) is 5.87. The maximum absolute atomic E-state index is 16.2. The Morgan fingerprint density at radius 1 is 0.818 bits per heavy atom. The summed E-state index contributed by atoms with van der Waals surface area (Å²) in [5, 5.41) is 0. The summed E-state index contributed by atoms with van der Waals surface area (Å²) in [4.78, 5) is 12.7. The van der Waals surface area contributed by atoms with Gasteiger partial charge < -0.3 is 0 Å². The quantitative estimate of drug-likeness (QED) is 0.433. The van der Waals surface area contributed by atoms with Gasteiger partial charge in [-0.1, -0.05) is 64.5 Å². The molecule has 4 rings (SSSR count). The molecule has 1 aliphatic carbocycles. The molecule has 0 heterocycles. The van der Waals surface area contributed by atoms with Gasteiger partial charge >= 0.3 is 0 Å². The second-order valence-corrected chi connectivity index (χ2v) is 13.3. The Morgan fingerprint density at radius 2 is 1.33 bits per heavy atom. The van der Waals surface area contributed by atoms with E-state index in [0.29, 0.717) is 10.0 Å². The predicted molar refractivity (Wildman–Crippen MR) is 126 cm³/mol. The number of rotatable bonds is 6. The molecular formula is C24H20BrFO5S2. The fourth-order valence-corrected chi connectivity index (χ4v) is 9.29. The van der Waals surface area contributed by atoms with Crippen molar-refractivity contribution >= 4 is 41.4 Å². The molecule has 0 unspecified atom stereocenters. The summed E-state index contributed by atoms with van der Waals surface area (Å²) in [7, 11) is -9.09. The zero-order valence-corrected chi connectivity index (χ0v) is 20.5. The van der Waals surface area contributed by atoms with Crippen molar-refractivity contribution in [1.82, 2.24) is 0 Å². The van der Waals surface area contributed by atoms with Crippen LogP contribution in [0.4, 0.5) is 4.39 Å². The van der Waals surface area contributed by atoms with Gasteiger partial charge in [0.15, 0.2) is 35.7 Å². The largest absolute Gasteiger partial charge is 0.291 e. The van der Waals surface area contributed by atoms with E-state index < -0.39 is 42.1 Å². The Kier molecular flexibility index (Phi) is 6.32. The number of Topliss-reactive ketones (excluding diaryl/α,β-unsaturated/α-hetero) is 1. The lowest BCUT2D eigenvalue weighted by Crippen LogP contribution is -2.45. The van der Waals surface area contributed by atoms with Crippen molar-refractivity contribution in [2.75, 3.05) is 0 Å². The summed E-state index contributed by atoms with van der Waals surface area (Å²) in [6.45, 7) is 0. The molecule has 3 aromatic rings.